The second-order valence-electron chi connectivity index (χ2n) is 6.48. The molecule has 0 saturated carbocycles. The highest BCUT2D eigenvalue weighted by Gasteiger charge is 2.82. The monoisotopic (exact) mass is 377 g/mol. The van der Waals surface area contributed by atoms with E-state index in [1.165, 1.54) is 26.8 Å². The van der Waals surface area contributed by atoms with E-state index in [1.54, 1.807) is 0 Å². The van der Waals surface area contributed by atoms with E-state index in [0.29, 0.717) is 0 Å². The molecule has 0 saturated heterocycles. The lowest BCUT2D eigenvalue weighted by molar-refractivity contribution is -0.401. The number of carbonyl (C=O) groups is 1. The van der Waals surface area contributed by atoms with Gasteiger partial charge in [-0.15, -0.1) is 0 Å². The SMILES string of the molecule is CC(C)(C)C1=NN(C(=O)CC#N)[C@@](O)(C(F)(F)C(F)(F)C(F)(F)F)C1. The van der Waals surface area contributed by atoms with Crippen molar-refractivity contribution in [3.8, 4) is 6.07 Å². The van der Waals surface area contributed by atoms with Crippen LogP contribution in [0.15, 0.2) is 5.10 Å². The fraction of sp³-hybridized carbons (Fsp3) is 0.769. The highest BCUT2D eigenvalue weighted by molar-refractivity contribution is 5.94. The number of hydrogen-bond acceptors (Lipinski definition) is 4. The van der Waals surface area contributed by atoms with Crippen LogP contribution in [0, 0.1) is 16.7 Å². The lowest BCUT2D eigenvalue weighted by atomic mass is 9.83. The Labute approximate surface area is 137 Å². The lowest BCUT2D eigenvalue weighted by Gasteiger charge is -2.41. The molecule has 1 aliphatic rings. The number of nitriles is 1. The van der Waals surface area contributed by atoms with Crippen LogP contribution >= 0.6 is 0 Å². The van der Waals surface area contributed by atoms with Gasteiger partial charge < -0.3 is 5.11 Å². The van der Waals surface area contributed by atoms with Crippen LogP contribution in [0.1, 0.15) is 33.6 Å². The van der Waals surface area contributed by atoms with Gasteiger partial charge in [0, 0.05) is 17.5 Å². The van der Waals surface area contributed by atoms with Gasteiger partial charge in [-0.2, -0.15) is 46.1 Å². The summed E-state index contributed by atoms with van der Waals surface area (Å²) < 4.78 is 92.3. The Kier molecular flexibility index (Phi) is 4.93. The summed E-state index contributed by atoms with van der Waals surface area (Å²) in [7, 11) is 0. The normalized spacial score (nSPS) is 22.6. The summed E-state index contributed by atoms with van der Waals surface area (Å²) in [5, 5.41) is 21.3. The second kappa shape index (κ2) is 5.82. The third-order valence-electron chi connectivity index (χ3n) is 3.57. The van der Waals surface area contributed by atoms with Gasteiger partial charge in [0.2, 0.25) is 5.72 Å². The Morgan fingerprint density at radius 2 is 1.72 bits per heavy atom. The molecule has 1 rings (SSSR count). The molecular formula is C13H14F7N3O2. The minimum absolute atomic E-state index is 0.404. The van der Waals surface area contributed by atoms with Crippen LogP contribution in [-0.4, -0.2) is 45.5 Å². The van der Waals surface area contributed by atoms with Gasteiger partial charge >= 0.3 is 18.0 Å². The quantitative estimate of drug-likeness (QED) is 0.768. The number of rotatable bonds is 3. The lowest BCUT2D eigenvalue weighted by Crippen LogP contribution is -2.69. The molecule has 12 heteroatoms. The first-order chi connectivity index (χ1) is 10.9. The van der Waals surface area contributed by atoms with E-state index in [-0.39, 0.29) is 0 Å². The molecule has 0 aliphatic carbocycles. The topological polar surface area (TPSA) is 76.7 Å². The second-order valence-corrected chi connectivity index (χ2v) is 6.48. The number of hydrogen-bond donors (Lipinski definition) is 1. The van der Waals surface area contributed by atoms with Crippen molar-refractivity contribution in [1.82, 2.24) is 5.01 Å². The third kappa shape index (κ3) is 3.17. The maximum Gasteiger partial charge on any atom is 0.460 e. The maximum atomic E-state index is 14.1. The van der Waals surface area contributed by atoms with Gasteiger partial charge in [-0.05, 0) is 0 Å². The van der Waals surface area contributed by atoms with E-state index in [4.69, 9.17) is 5.26 Å². The Morgan fingerprint density at radius 1 is 1.24 bits per heavy atom. The van der Waals surface area contributed by atoms with E-state index in [0.717, 1.165) is 0 Å². The average molecular weight is 377 g/mol. The molecule has 0 spiro atoms. The minimum atomic E-state index is -6.69. The predicted octanol–water partition coefficient (Wildman–Crippen LogP) is 3.06. The number of amides is 1. The summed E-state index contributed by atoms with van der Waals surface area (Å²) in [4.78, 5) is 11.7. The number of aliphatic hydroxyl groups is 1. The van der Waals surface area contributed by atoms with E-state index >= 15 is 0 Å². The van der Waals surface area contributed by atoms with Crippen molar-refractivity contribution >= 4 is 11.6 Å². The van der Waals surface area contributed by atoms with Gasteiger partial charge in [-0.3, -0.25) is 4.79 Å². The van der Waals surface area contributed by atoms with Crippen molar-refractivity contribution in [2.45, 2.75) is 57.4 Å². The van der Waals surface area contributed by atoms with Crippen LogP contribution < -0.4 is 0 Å². The van der Waals surface area contributed by atoms with Crippen LogP contribution in [0.4, 0.5) is 30.7 Å². The predicted molar refractivity (Wildman–Crippen MR) is 69.5 cm³/mol. The minimum Gasteiger partial charge on any atom is -0.364 e. The van der Waals surface area contributed by atoms with Gasteiger partial charge in [0.1, 0.15) is 6.42 Å². The largest absolute Gasteiger partial charge is 0.460 e. The highest BCUT2D eigenvalue weighted by atomic mass is 19.4. The summed E-state index contributed by atoms with van der Waals surface area (Å²) in [5.74, 6) is -14.4. The van der Waals surface area contributed by atoms with Gasteiger partial charge in [-0.1, -0.05) is 20.8 Å². The number of alkyl halides is 7. The third-order valence-corrected chi connectivity index (χ3v) is 3.57. The van der Waals surface area contributed by atoms with Gasteiger partial charge in [-0.25, -0.2) is 0 Å². The van der Waals surface area contributed by atoms with E-state index in [1.807, 2.05) is 0 Å². The molecule has 0 radical (unpaired) electrons. The molecule has 1 heterocycles. The summed E-state index contributed by atoms with van der Waals surface area (Å²) in [6.45, 7) is 4.10. The molecule has 0 unspecified atom stereocenters. The van der Waals surface area contributed by atoms with Gasteiger partial charge in [0.25, 0.3) is 5.91 Å². The molecule has 0 bridgehead atoms. The number of halogens is 7. The van der Waals surface area contributed by atoms with Gasteiger partial charge in [0.05, 0.1) is 6.07 Å². The molecule has 1 amide bonds. The van der Waals surface area contributed by atoms with Crippen LogP contribution in [0.5, 0.6) is 0 Å². The maximum absolute atomic E-state index is 14.1. The van der Waals surface area contributed by atoms with Crippen LogP contribution in [-0.2, 0) is 4.79 Å². The van der Waals surface area contributed by atoms with Crippen molar-refractivity contribution in [2.24, 2.45) is 10.5 Å². The zero-order valence-corrected chi connectivity index (χ0v) is 13.3. The van der Waals surface area contributed by atoms with E-state index in [9.17, 15) is 40.6 Å². The Bertz CT molecular complexity index is 631. The van der Waals surface area contributed by atoms with Crippen molar-refractivity contribution in [2.75, 3.05) is 0 Å². The number of hydrazone groups is 1. The Balaban J connectivity index is 3.53. The molecular weight excluding hydrogens is 363 g/mol. The molecule has 0 aromatic carbocycles. The molecule has 25 heavy (non-hydrogen) atoms. The number of nitrogens with zero attached hydrogens (tertiary/aromatic N) is 3. The van der Waals surface area contributed by atoms with E-state index in [2.05, 4.69) is 5.10 Å². The summed E-state index contributed by atoms with van der Waals surface area (Å²) in [6, 6.07) is 1.23. The van der Waals surface area contributed by atoms with E-state index < -0.39 is 58.6 Å². The smallest absolute Gasteiger partial charge is 0.364 e. The summed E-state index contributed by atoms with van der Waals surface area (Å²) >= 11 is 0. The fourth-order valence-electron chi connectivity index (χ4n) is 2.04. The molecule has 0 aromatic rings. The number of carbonyl (C=O) groups excluding carboxylic acids is 1. The molecule has 0 fully saturated rings. The van der Waals surface area contributed by atoms with Crippen molar-refractivity contribution in [1.29, 1.82) is 5.26 Å². The van der Waals surface area contributed by atoms with Crippen LogP contribution in [0.25, 0.3) is 0 Å². The molecule has 0 aromatic heterocycles. The standard InChI is InChI=1S/C13H14F7N3O2/c1-9(2,3)7-6-10(25,23(22-7)8(24)4-5-21)11(14,15)12(16,17)13(18,19)20/h25H,4,6H2,1-3H3/t10-/m0/s1. The molecule has 1 atom stereocenters. The highest BCUT2D eigenvalue weighted by Crippen LogP contribution is 2.55. The average Bonchev–Trinajstić information content (AvgIpc) is 2.77. The molecule has 1 N–H and O–H groups in total. The van der Waals surface area contributed by atoms with Gasteiger partial charge in [0.15, 0.2) is 0 Å². The molecule has 142 valence electrons. The zero-order chi connectivity index (χ0) is 20.1. The zero-order valence-electron chi connectivity index (χ0n) is 13.3. The van der Waals surface area contributed by atoms with Crippen LogP contribution in [0.3, 0.4) is 0 Å². The molecule has 1 aliphatic heterocycles. The van der Waals surface area contributed by atoms with Crippen molar-refractivity contribution in [3.05, 3.63) is 0 Å². The fourth-order valence-corrected chi connectivity index (χ4v) is 2.04. The summed E-state index contributed by atoms with van der Waals surface area (Å²) in [5.41, 5.74) is -5.80. The Morgan fingerprint density at radius 3 is 2.08 bits per heavy atom. The molecule has 5 nitrogen and oxygen atoms in total. The first kappa shape index (κ1) is 21.1. The first-order valence-electron chi connectivity index (χ1n) is 6.76. The Hall–Kier alpha value is -1.90. The van der Waals surface area contributed by atoms with Crippen molar-refractivity contribution in [3.63, 3.8) is 0 Å². The summed E-state index contributed by atoms with van der Waals surface area (Å²) in [6.07, 6.45) is -9.29. The van der Waals surface area contributed by atoms with Crippen molar-refractivity contribution < 1.29 is 40.6 Å². The van der Waals surface area contributed by atoms with Crippen LogP contribution in [0.2, 0.25) is 0 Å². The first-order valence-corrected chi connectivity index (χ1v) is 6.76.